The van der Waals surface area contributed by atoms with Crippen molar-refractivity contribution < 1.29 is 132 Å². The van der Waals surface area contributed by atoms with E-state index in [0.29, 0.717) is 30.1 Å². The molecule has 0 N–H and O–H groups in total. The summed E-state index contributed by atoms with van der Waals surface area (Å²) in [5.41, 5.74) is 0.552. The Bertz CT molecular complexity index is 1120. The number of carbonyl (C=O) groups is 3. The molecule has 8 heteroatoms. The summed E-state index contributed by atoms with van der Waals surface area (Å²) in [6.07, 6.45) is 9.97. The summed E-state index contributed by atoms with van der Waals surface area (Å²) in [5, 5.41) is 23.6. The standard InChI is InChI=1S/C34H52O6.2K/c1-20-12-17-34(29(38)39)19-18-32(6)22(28(34)21(20)2)8-9-24-31(5)15-14-25(40-27(37)11-10-26(35)36)30(3,4)23(31)13-16-33(24,32)7;;/h8,20-21,23-25,28H,9-19H2,1-7H3,(H,35,36)(H,38,39);;/q;2*+1/p-2/t20-,21+,23+,24-,25+,28+,31+,32-,33-,34+;;/m1../s1. The van der Waals surface area contributed by atoms with E-state index in [9.17, 15) is 24.6 Å². The van der Waals surface area contributed by atoms with E-state index in [0.717, 1.165) is 51.4 Å². The molecule has 6 nitrogen and oxygen atoms in total. The molecule has 5 aliphatic carbocycles. The van der Waals surface area contributed by atoms with Gasteiger partial charge in [0.25, 0.3) is 0 Å². The molecule has 4 saturated carbocycles. The van der Waals surface area contributed by atoms with Crippen molar-refractivity contribution in [3.8, 4) is 0 Å². The molecule has 0 aliphatic heterocycles. The third-order valence-corrected chi connectivity index (χ3v) is 14.1. The fraction of sp³-hybridized carbons (Fsp3) is 0.853. The molecule has 224 valence electrons. The Hall–Kier alpha value is 1.42. The molecule has 0 unspecified atom stereocenters. The maximum absolute atomic E-state index is 12.8. The quantitative estimate of drug-likeness (QED) is 0.215. The minimum atomic E-state index is -1.23. The van der Waals surface area contributed by atoms with E-state index in [4.69, 9.17) is 4.74 Å². The molecule has 42 heavy (non-hydrogen) atoms. The van der Waals surface area contributed by atoms with E-state index < -0.39 is 23.3 Å². The maximum Gasteiger partial charge on any atom is 1.00 e. The Morgan fingerprint density at radius 2 is 1.52 bits per heavy atom. The van der Waals surface area contributed by atoms with Crippen LogP contribution in [-0.2, 0) is 19.1 Å². The van der Waals surface area contributed by atoms with Crippen molar-refractivity contribution in [3.05, 3.63) is 11.6 Å². The van der Waals surface area contributed by atoms with Crippen LogP contribution < -0.4 is 113 Å². The van der Waals surface area contributed by atoms with Gasteiger partial charge in [-0.2, -0.15) is 0 Å². The van der Waals surface area contributed by atoms with Crippen molar-refractivity contribution in [3.63, 3.8) is 0 Å². The summed E-state index contributed by atoms with van der Waals surface area (Å²) < 4.78 is 5.93. The minimum Gasteiger partial charge on any atom is -0.550 e. The van der Waals surface area contributed by atoms with Crippen molar-refractivity contribution in [2.45, 2.75) is 125 Å². The normalized spacial score (nSPS) is 45.2. The van der Waals surface area contributed by atoms with Crippen LogP contribution in [0.15, 0.2) is 11.6 Å². The molecule has 0 radical (unpaired) electrons. The fourth-order valence-corrected chi connectivity index (χ4v) is 11.5. The number of fused-ring (bicyclic) bond motifs is 7. The molecule has 0 heterocycles. The zero-order valence-electron chi connectivity index (χ0n) is 27.8. The average Bonchev–Trinajstić information content (AvgIpc) is 2.87. The van der Waals surface area contributed by atoms with E-state index in [1.54, 1.807) is 0 Å². The van der Waals surface area contributed by atoms with Crippen molar-refractivity contribution in [1.82, 2.24) is 0 Å². The molecule has 0 aromatic carbocycles. The molecule has 5 rings (SSSR count). The fourth-order valence-electron chi connectivity index (χ4n) is 11.5. The Kier molecular flexibility index (Phi) is 11.9. The van der Waals surface area contributed by atoms with Gasteiger partial charge in [0, 0.05) is 22.8 Å². The second-order valence-corrected chi connectivity index (χ2v) is 15.8. The molecular formula is C34H50K2O6. The molecule has 10 atom stereocenters. The van der Waals surface area contributed by atoms with Crippen molar-refractivity contribution in [1.29, 1.82) is 0 Å². The van der Waals surface area contributed by atoms with Gasteiger partial charge >= 0.3 is 109 Å². The molecule has 4 fully saturated rings. The number of hydrogen-bond acceptors (Lipinski definition) is 6. The van der Waals surface area contributed by atoms with E-state index in [1.165, 1.54) is 5.57 Å². The number of esters is 1. The van der Waals surface area contributed by atoms with Crippen LogP contribution >= 0.6 is 0 Å². The van der Waals surface area contributed by atoms with E-state index in [2.05, 4.69) is 54.5 Å². The zero-order valence-corrected chi connectivity index (χ0v) is 34.0. The molecular weight excluding hydrogens is 583 g/mol. The number of ether oxygens (including phenoxy) is 1. The Morgan fingerprint density at radius 3 is 2.14 bits per heavy atom. The monoisotopic (exact) mass is 632 g/mol. The smallest absolute Gasteiger partial charge is 0.550 e. The van der Waals surface area contributed by atoms with Gasteiger partial charge in [0.15, 0.2) is 0 Å². The van der Waals surface area contributed by atoms with Crippen LogP contribution in [-0.4, -0.2) is 24.0 Å². The first kappa shape index (κ1) is 37.9. The van der Waals surface area contributed by atoms with Crippen LogP contribution in [0.5, 0.6) is 0 Å². The van der Waals surface area contributed by atoms with Crippen LogP contribution in [0.25, 0.3) is 0 Å². The molecule has 0 spiro atoms. The topological polar surface area (TPSA) is 107 Å². The van der Waals surface area contributed by atoms with Crippen LogP contribution in [0.3, 0.4) is 0 Å². The van der Waals surface area contributed by atoms with Gasteiger partial charge in [-0.05, 0) is 110 Å². The molecule has 5 aliphatic rings. The summed E-state index contributed by atoms with van der Waals surface area (Å²) in [7, 11) is 0. The van der Waals surface area contributed by atoms with E-state index >= 15 is 0 Å². The van der Waals surface area contributed by atoms with Crippen LogP contribution in [0.2, 0.25) is 0 Å². The van der Waals surface area contributed by atoms with Crippen molar-refractivity contribution in [2.75, 3.05) is 0 Å². The van der Waals surface area contributed by atoms with Gasteiger partial charge in [-0.25, -0.2) is 0 Å². The van der Waals surface area contributed by atoms with Crippen LogP contribution in [0.1, 0.15) is 119 Å². The van der Waals surface area contributed by atoms with E-state index in [-0.39, 0.29) is 149 Å². The first-order valence-corrected chi connectivity index (χ1v) is 15.9. The van der Waals surface area contributed by atoms with Crippen molar-refractivity contribution >= 4 is 17.9 Å². The van der Waals surface area contributed by atoms with Gasteiger partial charge in [-0.1, -0.05) is 60.1 Å². The second kappa shape index (κ2) is 13.1. The summed E-state index contributed by atoms with van der Waals surface area (Å²) in [4.78, 5) is 36.1. The molecule has 0 aromatic heterocycles. The first-order chi connectivity index (χ1) is 18.5. The summed E-state index contributed by atoms with van der Waals surface area (Å²) in [6.45, 7) is 16.5. The van der Waals surface area contributed by atoms with Gasteiger partial charge in [-0.15, -0.1) is 0 Å². The summed E-state index contributed by atoms with van der Waals surface area (Å²) in [5.74, 6) is -0.785. The van der Waals surface area contributed by atoms with Gasteiger partial charge in [0.1, 0.15) is 6.10 Å². The first-order valence-electron chi connectivity index (χ1n) is 15.9. The van der Waals surface area contributed by atoms with Gasteiger partial charge < -0.3 is 24.5 Å². The number of carbonyl (C=O) groups excluding carboxylic acids is 3. The third kappa shape index (κ3) is 5.65. The number of carboxylic acids is 2. The molecule has 0 bridgehead atoms. The second-order valence-electron chi connectivity index (χ2n) is 15.8. The predicted molar refractivity (Wildman–Crippen MR) is 148 cm³/mol. The van der Waals surface area contributed by atoms with Crippen molar-refractivity contribution in [2.24, 2.45) is 56.7 Å². The van der Waals surface area contributed by atoms with E-state index in [1.807, 2.05) is 0 Å². The van der Waals surface area contributed by atoms with Gasteiger partial charge in [-0.3, -0.25) is 4.79 Å². The van der Waals surface area contributed by atoms with Gasteiger partial charge in [0.2, 0.25) is 0 Å². The molecule has 0 aromatic rings. The number of carboxylic acid groups (broad SMARTS) is 2. The summed E-state index contributed by atoms with van der Waals surface area (Å²) in [6, 6.07) is 0. The van der Waals surface area contributed by atoms with Gasteiger partial charge in [0.05, 0.1) is 6.42 Å². The molecule has 0 amide bonds. The summed E-state index contributed by atoms with van der Waals surface area (Å²) >= 11 is 0. The average molecular weight is 633 g/mol. The number of allylic oxidation sites excluding steroid dienone is 2. The molecule has 0 saturated heterocycles. The largest absolute Gasteiger partial charge is 1.00 e. The predicted octanol–water partition coefficient (Wildman–Crippen LogP) is -1.16. The number of aliphatic carboxylic acids is 2. The Morgan fingerprint density at radius 1 is 0.857 bits per heavy atom. The SMILES string of the molecule is C[C@H]1[C@H](C)CC[C@]2(C(=O)[O-])CC[C@]3(C)C(=CC[C@@H]4[C@@]5(C)CC[C@H](OC(=O)CCC(=O)[O-])C(C)(C)[C@@H]5CC[C@]43C)[C@H]12.[K+].[K+]. The van der Waals surface area contributed by atoms with Crippen LogP contribution in [0, 0.1) is 56.7 Å². The van der Waals surface area contributed by atoms with Crippen LogP contribution in [0.4, 0.5) is 0 Å². The zero-order chi connectivity index (χ0) is 29.5. The Balaban J connectivity index is 0.00000242. The third-order valence-electron chi connectivity index (χ3n) is 14.1. The minimum absolute atomic E-state index is 0. The Labute approximate surface area is 338 Å². The number of hydrogen-bond donors (Lipinski definition) is 0. The number of rotatable bonds is 5. The maximum atomic E-state index is 12.8.